The summed E-state index contributed by atoms with van der Waals surface area (Å²) in [5.74, 6) is -0.172. The maximum absolute atomic E-state index is 14.1. The second kappa shape index (κ2) is 23.0. The lowest BCUT2D eigenvalue weighted by atomic mass is 9.84. The highest BCUT2D eigenvalue weighted by atomic mass is 16.6. The number of nitrogens with zero attached hydrogens (tertiary/aromatic N) is 4. The molecule has 0 bridgehead atoms. The normalized spacial score (nSPS) is 23.3. The Labute approximate surface area is 426 Å². The van der Waals surface area contributed by atoms with Gasteiger partial charge in [0.05, 0.1) is 30.3 Å². The summed E-state index contributed by atoms with van der Waals surface area (Å²) >= 11 is 0. The lowest BCUT2D eigenvalue weighted by Crippen LogP contribution is -2.54. The van der Waals surface area contributed by atoms with Gasteiger partial charge in [0.2, 0.25) is 0 Å². The molecule has 0 spiro atoms. The molecule has 392 valence electrons. The van der Waals surface area contributed by atoms with Crippen LogP contribution in [0, 0.1) is 0 Å². The van der Waals surface area contributed by atoms with Crippen molar-refractivity contribution in [3.8, 4) is 23.0 Å². The third-order valence-electron chi connectivity index (χ3n) is 15.4. The van der Waals surface area contributed by atoms with Crippen molar-refractivity contribution < 1.29 is 53.4 Å². The Morgan fingerprint density at radius 3 is 1.88 bits per heavy atom. The molecule has 15 heteroatoms. The standard InChI is InChI=1S/C57H78N4O11/c1-36(2)15-10-17-38(5)19-12-22-56(7)48(65)31-42-46(63)30-41-45(51(42)71-56)34-61(54(41)67)50(69-35-62)21-14-24-60-33-44-40(53(60)66)29-47(64)43-32-49(70-55(68)59-27-25-58(9)26-28-59)57(8,72-52(43)44)23-13-20-39(6)18-11-16-37(3)4/h15-16,19-20,29-30,35,48-50,63-65H,10-14,17-18,21-28,31-34H2,1-9H3/b38-19+,39-20+/t48-,49-,50+,56+,57+/m0/s1. The molecule has 3 N–H and O–H groups in total. The van der Waals surface area contributed by atoms with Crippen LogP contribution < -0.4 is 9.47 Å². The van der Waals surface area contributed by atoms with Crippen molar-refractivity contribution in [1.29, 1.82) is 0 Å². The number of rotatable bonds is 20. The second-order valence-electron chi connectivity index (χ2n) is 21.7. The zero-order valence-corrected chi connectivity index (χ0v) is 44.1. The van der Waals surface area contributed by atoms with Crippen LogP contribution in [0.5, 0.6) is 23.0 Å². The Morgan fingerprint density at radius 1 is 0.750 bits per heavy atom. The summed E-state index contributed by atoms with van der Waals surface area (Å²) in [6.45, 7) is 19.8. The zero-order valence-electron chi connectivity index (χ0n) is 44.1. The molecular formula is C57H78N4O11. The fourth-order valence-corrected chi connectivity index (χ4v) is 10.6. The minimum absolute atomic E-state index is 0.0530. The average molecular weight is 995 g/mol. The molecular weight excluding hydrogens is 917 g/mol. The first kappa shape index (κ1) is 54.0. The van der Waals surface area contributed by atoms with Crippen molar-refractivity contribution in [3.63, 3.8) is 0 Å². The molecule has 0 aromatic heterocycles. The van der Waals surface area contributed by atoms with Gasteiger partial charge in [-0.1, -0.05) is 46.6 Å². The molecule has 7 rings (SSSR count). The van der Waals surface area contributed by atoms with Crippen molar-refractivity contribution in [2.75, 3.05) is 39.8 Å². The van der Waals surface area contributed by atoms with Crippen molar-refractivity contribution in [3.05, 3.63) is 92.1 Å². The molecule has 72 heavy (non-hydrogen) atoms. The van der Waals surface area contributed by atoms with Gasteiger partial charge >= 0.3 is 6.09 Å². The van der Waals surface area contributed by atoms with Gasteiger partial charge < -0.3 is 49.0 Å². The van der Waals surface area contributed by atoms with Crippen LogP contribution in [0.1, 0.15) is 163 Å². The number of phenolic OH excluding ortho intramolecular Hbond substituents is 2. The van der Waals surface area contributed by atoms with Crippen LogP contribution in [-0.2, 0) is 40.2 Å². The average Bonchev–Trinajstić information content (AvgIpc) is 3.81. The van der Waals surface area contributed by atoms with E-state index in [0.717, 1.165) is 38.8 Å². The maximum atomic E-state index is 14.1. The van der Waals surface area contributed by atoms with E-state index in [1.807, 2.05) is 20.9 Å². The number of aliphatic hydroxyl groups is 1. The van der Waals surface area contributed by atoms with Crippen LogP contribution >= 0.6 is 0 Å². The largest absolute Gasteiger partial charge is 0.508 e. The summed E-state index contributed by atoms with van der Waals surface area (Å²) in [4.78, 5) is 60.8. The van der Waals surface area contributed by atoms with Crippen molar-refractivity contribution in [2.24, 2.45) is 0 Å². The van der Waals surface area contributed by atoms with Gasteiger partial charge in [-0.25, -0.2) is 4.79 Å². The minimum Gasteiger partial charge on any atom is -0.508 e. The highest BCUT2D eigenvalue weighted by Crippen LogP contribution is 2.49. The van der Waals surface area contributed by atoms with E-state index in [-0.39, 0.29) is 61.9 Å². The lowest BCUT2D eigenvalue weighted by molar-refractivity contribution is -0.141. The van der Waals surface area contributed by atoms with Crippen molar-refractivity contribution in [1.82, 2.24) is 19.6 Å². The predicted molar refractivity (Wildman–Crippen MR) is 275 cm³/mol. The van der Waals surface area contributed by atoms with Gasteiger partial charge in [-0.15, -0.1) is 0 Å². The molecule has 5 atom stereocenters. The summed E-state index contributed by atoms with van der Waals surface area (Å²) in [6.07, 6.45) is 12.9. The fourth-order valence-electron chi connectivity index (χ4n) is 10.6. The monoisotopic (exact) mass is 995 g/mol. The zero-order chi connectivity index (χ0) is 52.1. The first-order chi connectivity index (χ1) is 34.2. The molecule has 0 unspecified atom stereocenters. The maximum Gasteiger partial charge on any atom is 0.410 e. The van der Waals surface area contributed by atoms with Gasteiger partial charge in [-0.2, -0.15) is 0 Å². The van der Waals surface area contributed by atoms with Gasteiger partial charge in [0.15, 0.2) is 6.23 Å². The van der Waals surface area contributed by atoms with Crippen LogP contribution in [0.25, 0.3) is 0 Å². The Kier molecular flexibility index (Phi) is 17.2. The van der Waals surface area contributed by atoms with E-state index in [1.54, 1.807) is 9.80 Å². The Hall–Kier alpha value is -5.80. The highest BCUT2D eigenvalue weighted by Gasteiger charge is 2.48. The Morgan fingerprint density at radius 2 is 1.29 bits per heavy atom. The number of hydrogen-bond donors (Lipinski definition) is 3. The molecule has 5 heterocycles. The topological polar surface area (TPSA) is 179 Å². The minimum atomic E-state index is -0.989. The number of piperazine rings is 1. The first-order valence-electron chi connectivity index (χ1n) is 25.9. The molecule has 0 aliphatic carbocycles. The number of likely N-dealkylation sites (N-methyl/N-ethyl adjacent to an activating group) is 1. The Bertz CT molecular complexity index is 2500. The number of aromatic hydroxyl groups is 2. The van der Waals surface area contributed by atoms with E-state index in [9.17, 15) is 34.5 Å². The van der Waals surface area contributed by atoms with Crippen LogP contribution in [0.15, 0.2) is 58.7 Å². The molecule has 5 aliphatic heterocycles. The predicted octanol–water partition coefficient (Wildman–Crippen LogP) is 9.44. The van der Waals surface area contributed by atoms with Crippen LogP contribution in [0.4, 0.5) is 4.79 Å². The number of benzene rings is 2. The van der Waals surface area contributed by atoms with E-state index in [2.05, 4.69) is 70.7 Å². The SMILES string of the molecule is CC(C)=CCC/C(C)=C/CC[C@@]1(C)Oc2c(c(O)cc3c2CN(CCC[C@@H](OC=O)N2Cc4c(cc(O)c5c4O[C@](C)(CC/C=C(\C)CCC=C(C)C)[C@@H](O)C5)C2=O)C3=O)C[C@@H]1OC(=O)N1CCN(C)CC1. The summed E-state index contributed by atoms with van der Waals surface area (Å²) in [5, 5.41) is 34.0. The first-order valence-corrected chi connectivity index (χ1v) is 25.9. The third-order valence-corrected chi connectivity index (χ3v) is 15.4. The van der Waals surface area contributed by atoms with Crippen LogP contribution in [0.3, 0.4) is 0 Å². The number of allylic oxidation sites excluding steroid dienone is 8. The molecule has 5 aliphatic rings. The van der Waals surface area contributed by atoms with E-state index in [0.29, 0.717) is 91.0 Å². The summed E-state index contributed by atoms with van der Waals surface area (Å²) in [6, 6.07) is 2.88. The van der Waals surface area contributed by atoms with E-state index < -0.39 is 41.6 Å². The molecule has 15 nitrogen and oxygen atoms in total. The van der Waals surface area contributed by atoms with E-state index in [1.165, 1.54) is 39.3 Å². The van der Waals surface area contributed by atoms with Gasteiger partial charge in [-0.3, -0.25) is 19.3 Å². The smallest absolute Gasteiger partial charge is 0.410 e. The van der Waals surface area contributed by atoms with Crippen molar-refractivity contribution >= 4 is 24.4 Å². The number of aliphatic hydroxyl groups excluding tert-OH is 1. The number of hydrogen-bond acceptors (Lipinski definition) is 12. The van der Waals surface area contributed by atoms with Gasteiger partial charge in [-0.05, 0) is 132 Å². The van der Waals surface area contributed by atoms with Gasteiger partial charge in [0, 0.05) is 74.2 Å². The quantitative estimate of drug-likeness (QED) is 0.0847. The number of fused-ring (bicyclic) bond motifs is 6. The molecule has 3 amide bonds. The highest BCUT2D eigenvalue weighted by molar-refractivity contribution is 6.01. The second-order valence-corrected chi connectivity index (χ2v) is 21.7. The number of carbonyl (C=O) groups excluding carboxylic acids is 4. The van der Waals surface area contributed by atoms with Crippen molar-refractivity contribution in [2.45, 2.75) is 175 Å². The molecule has 2 aromatic carbocycles. The lowest BCUT2D eigenvalue weighted by Gasteiger charge is -2.43. The number of ether oxygens (including phenoxy) is 4. The summed E-state index contributed by atoms with van der Waals surface area (Å²) in [7, 11) is 2.02. The van der Waals surface area contributed by atoms with E-state index in [4.69, 9.17) is 18.9 Å². The third kappa shape index (κ3) is 12.2. The van der Waals surface area contributed by atoms with E-state index >= 15 is 0 Å². The van der Waals surface area contributed by atoms with Gasteiger partial charge in [0.25, 0.3) is 18.3 Å². The number of phenols is 2. The molecule has 1 fully saturated rings. The fraction of sp³-hybridized carbons (Fsp3) is 0.579. The number of amides is 3. The van der Waals surface area contributed by atoms with Gasteiger partial charge in [0.1, 0.15) is 40.3 Å². The van der Waals surface area contributed by atoms with Crippen LogP contribution in [0.2, 0.25) is 0 Å². The van der Waals surface area contributed by atoms with Crippen LogP contribution in [-0.4, -0.2) is 129 Å². The number of carbonyl (C=O) groups is 4. The molecule has 0 saturated carbocycles. The molecule has 2 aromatic rings. The summed E-state index contributed by atoms with van der Waals surface area (Å²) < 4.78 is 25.4. The molecule has 1 saturated heterocycles. The Balaban J connectivity index is 1.03. The summed E-state index contributed by atoms with van der Waals surface area (Å²) in [5.41, 5.74) is 5.79. The molecule has 0 radical (unpaired) electrons.